The number of ether oxygens (including phenoxy) is 1. The lowest BCUT2D eigenvalue weighted by atomic mass is 10.1. The fourth-order valence-electron chi connectivity index (χ4n) is 4.57. The average molecular weight is 597 g/mol. The number of carbonyl (C=O) groups is 2. The second kappa shape index (κ2) is 13.9. The zero-order valence-electron chi connectivity index (χ0n) is 24.4. The molecule has 0 saturated heterocycles. The fourth-order valence-corrected chi connectivity index (χ4v) is 6.00. The van der Waals surface area contributed by atoms with Gasteiger partial charge in [0.15, 0.2) is 0 Å². The summed E-state index contributed by atoms with van der Waals surface area (Å²) >= 11 is 0. The highest BCUT2D eigenvalue weighted by Gasteiger charge is 2.34. The summed E-state index contributed by atoms with van der Waals surface area (Å²) in [4.78, 5) is 39.1. The van der Waals surface area contributed by atoms with E-state index in [1.54, 1.807) is 26.0 Å². The van der Waals surface area contributed by atoms with Crippen LogP contribution in [0, 0.1) is 24.0 Å². The van der Waals surface area contributed by atoms with Crippen molar-refractivity contribution in [2.75, 3.05) is 24.5 Å². The standard InChI is InChI=1S/C30H36N4O7S/c1-6-27(30(36)31-7-2)32(19-23-10-8-9-21(3)17-23)29(35)20-33(24-12-14-25(41-5)15-13-24)42(39,40)26-16-11-22(4)28(18-26)34(37)38/h8-18,27H,6-7,19-20H2,1-5H3,(H,31,36)/t27-/m1/s1. The molecule has 0 aliphatic rings. The van der Waals surface area contributed by atoms with Crippen LogP contribution in [0.25, 0.3) is 0 Å². The van der Waals surface area contributed by atoms with Crippen molar-refractivity contribution < 1.29 is 27.7 Å². The Kier molecular flexibility index (Phi) is 10.6. The van der Waals surface area contributed by atoms with E-state index in [2.05, 4.69) is 5.32 Å². The van der Waals surface area contributed by atoms with Crippen LogP contribution >= 0.6 is 0 Å². The number of nitro groups is 1. The first-order valence-electron chi connectivity index (χ1n) is 13.5. The summed E-state index contributed by atoms with van der Waals surface area (Å²) in [5.74, 6) is -0.499. The van der Waals surface area contributed by atoms with Crippen LogP contribution in [0.4, 0.5) is 11.4 Å². The number of nitro benzene ring substituents is 1. The molecule has 0 unspecified atom stereocenters. The molecule has 1 atom stereocenters. The van der Waals surface area contributed by atoms with E-state index in [9.17, 15) is 28.1 Å². The van der Waals surface area contributed by atoms with Crippen LogP contribution in [0.3, 0.4) is 0 Å². The molecule has 11 nitrogen and oxygen atoms in total. The van der Waals surface area contributed by atoms with E-state index in [1.807, 2.05) is 31.2 Å². The first-order chi connectivity index (χ1) is 19.9. The first kappa shape index (κ1) is 32.1. The second-order valence-electron chi connectivity index (χ2n) is 9.74. The maximum atomic E-state index is 14.1. The number of methoxy groups -OCH3 is 1. The van der Waals surface area contributed by atoms with Crippen LogP contribution in [0.5, 0.6) is 5.75 Å². The van der Waals surface area contributed by atoms with Crippen molar-refractivity contribution in [3.8, 4) is 5.75 Å². The minimum absolute atomic E-state index is 0.0721. The van der Waals surface area contributed by atoms with E-state index in [4.69, 9.17) is 4.74 Å². The zero-order valence-corrected chi connectivity index (χ0v) is 25.2. The third-order valence-corrected chi connectivity index (χ3v) is 8.55. The van der Waals surface area contributed by atoms with Crippen LogP contribution in [0.2, 0.25) is 0 Å². The summed E-state index contributed by atoms with van der Waals surface area (Å²) in [5, 5.41) is 14.3. The molecule has 0 spiro atoms. The highest BCUT2D eigenvalue weighted by atomic mass is 32.2. The van der Waals surface area contributed by atoms with E-state index in [-0.39, 0.29) is 28.7 Å². The Labute approximate surface area is 246 Å². The number of sulfonamides is 1. The smallest absolute Gasteiger partial charge is 0.273 e. The van der Waals surface area contributed by atoms with Crippen LogP contribution in [-0.2, 0) is 26.2 Å². The quantitative estimate of drug-likeness (QED) is 0.228. The Morgan fingerprint density at radius 1 is 1.02 bits per heavy atom. The molecule has 3 rings (SSSR count). The minimum atomic E-state index is -4.48. The molecule has 0 fully saturated rings. The van der Waals surface area contributed by atoms with E-state index in [0.717, 1.165) is 21.5 Å². The molecule has 3 aromatic rings. The molecule has 0 heterocycles. The van der Waals surface area contributed by atoms with Crippen molar-refractivity contribution in [3.63, 3.8) is 0 Å². The minimum Gasteiger partial charge on any atom is -0.497 e. The average Bonchev–Trinajstić information content (AvgIpc) is 2.95. The van der Waals surface area contributed by atoms with Crippen molar-refractivity contribution in [2.45, 2.75) is 51.6 Å². The maximum absolute atomic E-state index is 14.1. The number of hydrogen-bond acceptors (Lipinski definition) is 7. The number of aryl methyl sites for hydroxylation is 2. The number of nitrogens with one attached hydrogen (secondary N) is 1. The molecular weight excluding hydrogens is 560 g/mol. The van der Waals surface area contributed by atoms with Gasteiger partial charge < -0.3 is 15.0 Å². The van der Waals surface area contributed by atoms with Gasteiger partial charge in [0.05, 0.1) is 22.6 Å². The SMILES string of the molecule is CCNC(=O)[C@@H](CC)N(Cc1cccc(C)c1)C(=O)CN(c1ccc(OC)cc1)S(=O)(=O)c1ccc(C)c([N+](=O)[O-])c1. The van der Waals surface area contributed by atoms with Gasteiger partial charge in [-0.1, -0.05) is 42.8 Å². The molecule has 0 aliphatic heterocycles. The largest absolute Gasteiger partial charge is 0.497 e. The summed E-state index contributed by atoms with van der Waals surface area (Å²) < 4.78 is 34.2. The van der Waals surface area contributed by atoms with Crippen molar-refractivity contribution in [2.24, 2.45) is 0 Å². The Morgan fingerprint density at radius 3 is 2.29 bits per heavy atom. The van der Waals surface area contributed by atoms with Crippen molar-refractivity contribution in [3.05, 3.63) is 93.5 Å². The van der Waals surface area contributed by atoms with Gasteiger partial charge in [0.25, 0.3) is 15.7 Å². The lowest BCUT2D eigenvalue weighted by Crippen LogP contribution is -2.52. The molecule has 224 valence electrons. The van der Waals surface area contributed by atoms with Gasteiger partial charge in [0.1, 0.15) is 18.3 Å². The molecule has 2 amide bonds. The van der Waals surface area contributed by atoms with E-state index in [0.29, 0.717) is 24.3 Å². The van der Waals surface area contributed by atoms with Crippen LogP contribution < -0.4 is 14.4 Å². The maximum Gasteiger partial charge on any atom is 0.273 e. The highest BCUT2D eigenvalue weighted by Crippen LogP contribution is 2.29. The third kappa shape index (κ3) is 7.43. The van der Waals surface area contributed by atoms with Gasteiger partial charge in [-0.3, -0.25) is 24.0 Å². The van der Waals surface area contributed by atoms with Gasteiger partial charge in [-0.25, -0.2) is 8.42 Å². The number of likely N-dealkylation sites (N-methyl/N-ethyl adjacent to an activating group) is 1. The van der Waals surface area contributed by atoms with Gasteiger partial charge in [0, 0.05) is 24.7 Å². The van der Waals surface area contributed by atoms with E-state index >= 15 is 0 Å². The van der Waals surface area contributed by atoms with Crippen molar-refractivity contribution in [1.82, 2.24) is 10.2 Å². The Balaban J connectivity index is 2.12. The van der Waals surface area contributed by atoms with Crippen LogP contribution in [-0.4, -0.2) is 56.3 Å². The third-order valence-electron chi connectivity index (χ3n) is 6.78. The molecule has 0 saturated carbocycles. The molecule has 12 heteroatoms. The number of rotatable bonds is 13. The molecule has 0 bridgehead atoms. The normalized spacial score (nSPS) is 11.8. The molecule has 0 aromatic heterocycles. The van der Waals surface area contributed by atoms with Gasteiger partial charge in [-0.05, 0) is 63.1 Å². The van der Waals surface area contributed by atoms with Crippen molar-refractivity contribution in [1.29, 1.82) is 0 Å². The summed E-state index contributed by atoms with van der Waals surface area (Å²) in [5.41, 5.74) is 1.82. The van der Waals surface area contributed by atoms with Crippen LogP contribution in [0.15, 0.2) is 71.6 Å². The second-order valence-corrected chi connectivity index (χ2v) is 11.6. The predicted octanol–water partition coefficient (Wildman–Crippen LogP) is 4.36. The molecule has 1 N–H and O–H groups in total. The lowest BCUT2D eigenvalue weighted by Gasteiger charge is -2.33. The number of nitrogens with zero attached hydrogens (tertiary/aromatic N) is 3. The molecule has 0 radical (unpaired) electrons. The Bertz CT molecular complexity index is 1540. The van der Waals surface area contributed by atoms with E-state index < -0.39 is 33.4 Å². The molecule has 0 aliphatic carbocycles. The molecular formula is C30H36N4O7S. The summed E-state index contributed by atoms with van der Waals surface area (Å²) in [7, 11) is -3.01. The Morgan fingerprint density at radius 2 is 1.71 bits per heavy atom. The molecule has 42 heavy (non-hydrogen) atoms. The fraction of sp³-hybridized carbons (Fsp3) is 0.333. The summed E-state index contributed by atoms with van der Waals surface area (Å²) in [6.45, 7) is 6.75. The summed E-state index contributed by atoms with van der Waals surface area (Å²) in [6.07, 6.45) is 0.294. The predicted molar refractivity (Wildman–Crippen MR) is 160 cm³/mol. The van der Waals surface area contributed by atoms with E-state index in [1.165, 1.54) is 43.2 Å². The monoisotopic (exact) mass is 596 g/mol. The number of anilines is 1. The van der Waals surface area contributed by atoms with Crippen molar-refractivity contribution >= 4 is 33.2 Å². The topological polar surface area (TPSA) is 139 Å². The Hall–Kier alpha value is -4.45. The van der Waals surface area contributed by atoms with Gasteiger partial charge in [-0.2, -0.15) is 0 Å². The summed E-state index contributed by atoms with van der Waals surface area (Å²) in [6, 6.07) is 16.3. The zero-order chi connectivity index (χ0) is 31.0. The van der Waals surface area contributed by atoms with Crippen LogP contribution in [0.1, 0.15) is 37.0 Å². The van der Waals surface area contributed by atoms with Gasteiger partial charge in [0.2, 0.25) is 11.8 Å². The molecule has 3 aromatic carbocycles. The highest BCUT2D eigenvalue weighted by molar-refractivity contribution is 7.92. The number of amides is 2. The lowest BCUT2D eigenvalue weighted by molar-refractivity contribution is -0.385. The number of benzene rings is 3. The number of hydrogen-bond donors (Lipinski definition) is 1. The number of carbonyl (C=O) groups excluding carboxylic acids is 2. The first-order valence-corrected chi connectivity index (χ1v) is 14.9. The van der Waals surface area contributed by atoms with Gasteiger partial charge >= 0.3 is 0 Å². The van der Waals surface area contributed by atoms with Gasteiger partial charge in [-0.15, -0.1) is 0 Å².